The summed E-state index contributed by atoms with van der Waals surface area (Å²) in [7, 11) is 0. The molecule has 3 N–H and O–H groups in total. The number of carboxylic acid groups (broad SMARTS) is 1. The van der Waals surface area contributed by atoms with Crippen LogP contribution >= 0.6 is 11.8 Å². The summed E-state index contributed by atoms with van der Waals surface area (Å²) in [5.41, 5.74) is 5.75. The summed E-state index contributed by atoms with van der Waals surface area (Å²) in [4.78, 5) is 24.5. The first kappa shape index (κ1) is 11.7. The van der Waals surface area contributed by atoms with E-state index < -0.39 is 16.8 Å². The minimum Gasteiger partial charge on any atom is -0.480 e. The second kappa shape index (κ2) is 3.37. The Morgan fingerprint density at radius 1 is 1.62 bits per heavy atom. The van der Waals surface area contributed by atoms with Crippen LogP contribution in [-0.4, -0.2) is 44.1 Å². The number of hydrogen-bond acceptors (Lipinski definition) is 4. The molecule has 0 saturated carbocycles. The number of aliphatic carboxylic acids is 1. The molecule has 2 fully saturated rings. The summed E-state index contributed by atoms with van der Waals surface area (Å²) in [6, 6.07) is -0.949. The minimum absolute atomic E-state index is 0.0661. The van der Waals surface area contributed by atoms with Crippen LogP contribution in [0, 0.1) is 5.92 Å². The van der Waals surface area contributed by atoms with Crippen molar-refractivity contribution in [3.63, 3.8) is 0 Å². The zero-order chi connectivity index (χ0) is 12.2. The van der Waals surface area contributed by atoms with Gasteiger partial charge in [-0.25, -0.2) is 4.79 Å². The van der Waals surface area contributed by atoms with Gasteiger partial charge in [0.05, 0.1) is 11.3 Å². The molecular formula is C10H16N2O3S. The molecular weight excluding hydrogens is 228 g/mol. The third-order valence-corrected chi connectivity index (χ3v) is 4.88. The molecule has 2 aliphatic heterocycles. The smallest absolute Gasteiger partial charge is 0.327 e. The molecule has 4 atom stereocenters. The van der Waals surface area contributed by atoms with Crippen molar-refractivity contribution in [3.8, 4) is 0 Å². The number of rotatable bonds is 2. The van der Waals surface area contributed by atoms with E-state index >= 15 is 0 Å². The fourth-order valence-corrected chi connectivity index (χ4v) is 4.34. The van der Waals surface area contributed by atoms with Crippen LogP contribution in [0.25, 0.3) is 0 Å². The van der Waals surface area contributed by atoms with Gasteiger partial charge in [0, 0.05) is 10.8 Å². The maximum absolute atomic E-state index is 11.9. The fraction of sp³-hybridized carbons (Fsp3) is 0.800. The molecule has 1 unspecified atom stereocenters. The van der Waals surface area contributed by atoms with Crippen molar-refractivity contribution in [2.24, 2.45) is 11.7 Å². The van der Waals surface area contributed by atoms with Crippen molar-refractivity contribution in [2.75, 3.05) is 0 Å². The van der Waals surface area contributed by atoms with Gasteiger partial charge < -0.3 is 15.7 Å². The fourth-order valence-electron chi connectivity index (χ4n) is 2.53. The highest BCUT2D eigenvalue weighted by molar-refractivity contribution is 8.01. The van der Waals surface area contributed by atoms with Crippen LogP contribution in [0.5, 0.6) is 0 Å². The summed E-state index contributed by atoms with van der Waals surface area (Å²) in [5.74, 6) is -1.28. The van der Waals surface area contributed by atoms with Crippen molar-refractivity contribution in [1.82, 2.24) is 4.90 Å². The van der Waals surface area contributed by atoms with E-state index in [1.807, 2.05) is 13.8 Å². The van der Waals surface area contributed by atoms with Gasteiger partial charge in [0.15, 0.2) is 0 Å². The predicted octanol–water partition coefficient (Wildman–Crippen LogP) is 0.0967. The Balaban J connectivity index is 2.28. The molecule has 90 valence electrons. The number of β-lactam (4-membered cyclic amide) rings is 1. The zero-order valence-electron chi connectivity index (χ0n) is 9.51. The van der Waals surface area contributed by atoms with E-state index in [1.54, 1.807) is 6.92 Å². The molecule has 2 saturated heterocycles. The molecule has 0 aromatic rings. The number of thioether (sulfide) groups is 1. The monoisotopic (exact) mass is 244 g/mol. The molecule has 0 aliphatic carbocycles. The number of hydrogen-bond donors (Lipinski definition) is 2. The molecule has 5 nitrogen and oxygen atoms in total. The van der Waals surface area contributed by atoms with Crippen molar-refractivity contribution in [1.29, 1.82) is 0 Å². The number of carbonyl (C=O) groups is 2. The third kappa shape index (κ3) is 1.36. The number of nitrogens with zero attached hydrogens (tertiary/aromatic N) is 1. The molecule has 1 amide bonds. The summed E-state index contributed by atoms with van der Waals surface area (Å²) in [6.45, 7) is 5.52. The van der Waals surface area contributed by atoms with Gasteiger partial charge in [0.1, 0.15) is 6.04 Å². The van der Waals surface area contributed by atoms with Crippen molar-refractivity contribution < 1.29 is 14.7 Å². The Morgan fingerprint density at radius 2 is 2.19 bits per heavy atom. The quantitative estimate of drug-likeness (QED) is 0.673. The molecule has 2 aliphatic rings. The zero-order valence-corrected chi connectivity index (χ0v) is 10.3. The molecule has 2 heterocycles. The predicted molar refractivity (Wildman–Crippen MR) is 60.9 cm³/mol. The van der Waals surface area contributed by atoms with E-state index in [2.05, 4.69) is 0 Å². The van der Waals surface area contributed by atoms with Gasteiger partial charge in [-0.05, 0) is 20.8 Å². The third-order valence-electron chi connectivity index (χ3n) is 3.28. The Labute approximate surface area is 98.4 Å². The van der Waals surface area contributed by atoms with E-state index in [9.17, 15) is 14.7 Å². The first-order valence-electron chi connectivity index (χ1n) is 5.26. The van der Waals surface area contributed by atoms with E-state index in [-0.39, 0.29) is 23.2 Å². The highest BCUT2D eigenvalue weighted by Gasteiger charge is 2.64. The van der Waals surface area contributed by atoms with E-state index in [4.69, 9.17) is 5.73 Å². The van der Waals surface area contributed by atoms with Gasteiger partial charge in [-0.3, -0.25) is 4.79 Å². The molecule has 0 aromatic carbocycles. The molecule has 0 aromatic heterocycles. The lowest BCUT2D eigenvalue weighted by Crippen LogP contribution is -2.66. The lowest BCUT2D eigenvalue weighted by molar-refractivity contribution is -0.164. The number of nitrogens with two attached hydrogens (primary N) is 1. The minimum atomic E-state index is -0.934. The lowest BCUT2D eigenvalue weighted by atomic mass is 9.87. The van der Waals surface area contributed by atoms with Crippen LogP contribution < -0.4 is 5.73 Å². The van der Waals surface area contributed by atoms with Crippen LogP contribution in [0.2, 0.25) is 0 Å². The second-order valence-corrected chi connectivity index (χ2v) is 6.75. The number of carbonyl (C=O) groups excluding carboxylic acids is 1. The average Bonchev–Trinajstić information content (AvgIpc) is 2.33. The van der Waals surface area contributed by atoms with E-state index in [0.717, 1.165) is 0 Å². The van der Waals surface area contributed by atoms with Crippen LogP contribution in [0.1, 0.15) is 20.8 Å². The summed E-state index contributed by atoms with van der Waals surface area (Å²) in [5, 5.41) is 9.11. The first-order chi connectivity index (χ1) is 7.27. The van der Waals surface area contributed by atoms with Gasteiger partial charge in [0.25, 0.3) is 0 Å². The maximum atomic E-state index is 11.9. The molecule has 2 rings (SSSR count). The van der Waals surface area contributed by atoms with Crippen LogP contribution in [0.3, 0.4) is 0 Å². The van der Waals surface area contributed by atoms with Gasteiger partial charge in [-0.1, -0.05) is 0 Å². The highest BCUT2D eigenvalue weighted by atomic mass is 32.2. The van der Waals surface area contributed by atoms with Crippen molar-refractivity contribution >= 4 is 23.6 Å². The Kier molecular flexibility index (Phi) is 2.47. The second-order valence-electron chi connectivity index (χ2n) is 4.98. The van der Waals surface area contributed by atoms with Crippen LogP contribution in [0.4, 0.5) is 0 Å². The van der Waals surface area contributed by atoms with Crippen LogP contribution in [-0.2, 0) is 9.59 Å². The van der Waals surface area contributed by atoms with Crippen LogP contribution in [0.15, 0.2) is 0 Å². The first-order valence-corrected chi connectivity index (χ1v) is 6.13. The summed E-state index contributed by atoms with van der Waals surface area (Å²) < 4.78 is -0.449. The molecule has 0 spiro atoms. The number of fused-ring (bicyclic) bond motifs is 1. The van der Waals surface area contributed by atoms with Crippen molar-refractivity contribution in [2.45, 2.75) is 43.0 Å². The van der Waals surface area contributed by atoms with E-state index in [0.29, 0.717) is 0 Å². The lowest BCUT2D eigenvalue weighted by Gasteiger charge is -2.45. The normalized spacial score (nSPS) is 37.9. The van der Waals surface area contributed by atoms with E-state index in [1.165, 1.54) is 16.7 Å². The maximum Gasteiger partial charge on any atom is 0.327 e. The Morgan fingerprint density at radius 3 is 2.62 bits per heavy atom. The molecule has 16 heavy (non-hydrogen) atoms. The largest absolute Gasteiger partial charge is 0.480 e. The van der Waals surface area contributed by atoms with Gasteiger partial charge in [0.2, 0.25) is 5.91 Å². The molecule has 6 heteroatoms. The summed E-state index contributed by atoms with van der Waals surface area (Å²) in [6.07, 6.45) is 0. The number of amides is 1. The standard InChI is InChI=1S/C10H16N2O3S/c1-4(11)5-7(13)12-6(9(14)15)10(2,3)16-8(5)12/h4-6,8H,11H2,1-3H3,(H,14,15)/t4?,5-,6+,8-/m1/s1. The van der Waals surface area contributed by atoms with Gasteiger partial charge >= 0.3 is 5.97 Å². The SMILES string of the molecule is CC(N)[C@@H]1C(=O)N2[C@@H]1SC(C)(C)[C@@H]2C(=O)O. The van der Waals surface area contributed by atoms with Gasteiger partial charge in [-0.2, -0.15) is 0 Å². The Hall–Kier alpha value is -0.750. The Bertz CT molecular complexity index is 356. The summed E-state index contributed by atoms with van der Waals surface area (Å²) >= 11 is 1.54. The topological polar surface area (TPSA) is 83.6 Å². The number of carboxylic acids is 1. The van der Waals surface area contributed by atoms with Crippen molar-refractivity contribution in [3.05, 3.63) is 0 Å². The average molecular weight is 244 g/mol. The van der Waals surface area contributed by atoms with Gasteiger partial charge in [-0.15, -0.1) is 11.8 Å². The highest BCUT2D eigenvalue weighted by Crippen LogP contribution is 2.53. The molecule has 0 radical (unpaired) electrons. The molecule has 0 bridgehead atoms.